The fourth-order valence-corrected chi connectivity index (χ4v) is 1.67. The molecule has 1 aromatic rings. The van der Waals surface area contributed by atoms with Crippen molar-refractivity contribution in [3.63, 3.8) is 0 Å². The van der Waals surface area contributed by atoms with E-state index in [0.29, 0.717) is 23.5 Å². The van der Waals surface area contributed by atoms with Gasteiger partial charge in [-0.2, -0.15) is 0 Å². The number of halogens is 1. The monoisotopic (exact) mass is 276 g/mol. The third kappa shape index (κ3) is 5.41. The molecule has 1 unspecified atom stereocenters. The van der Waals surface area contributed by atoms with Gasteiger partial charge in [-0.25, -0.2) is 4.39 Å². The number of nitrogens with two attached hydrogens (primary N) is 1. The van der Waals surface area contributed by atoms with Crippen LogP contribution < -0.4 is 11.1 Å². The predicted octanol–water partition coefficient (Wildman–Crippen LogP) is 2.19. The molecule has 108 valence electrons. The van der Waals surface area contributed by atoms with Crippen LogP contribution in [0.5, 0.6) is 0 Å². The van der Waals surface area contributed by atoms with Crippen LogP contribution >= 0.6 is 0 Å². The van der Waals surface area contributed by atoms with E-state index in [0.717, 1.165) is 6.42 Å². The summed E-state index contributed by atoms with van der Waals surface area (Å²) in [5.41, 5.74) is 6.43. The third-order valence-electron chi connectivity index (χ3n) is 3.09. The molecule has 0 radical (unpaired) electrons. The van der Waals surface area contributed by atoms with E-state index in [1.165, 1.54) is 6.07 Å². The Morgan fingerprint density at radius 1 is 1.50 bits per heavy atom. The molecular weight excluding hydrogens is 255 g/mol. The second-order valence-electron chi connectivity index (χ2n) is 4.81. The summed E-state index contributed by atoms with van der Waals surface area (Å²) in [6.45, 7) is 4.50. The number of hydrogen-bond acceptors (Lipinski definition) is 2. The quantitative estimate of drug-likeness (QED) is 0.810. The van der Waals surface area contributed by atoms with Gasteiger partial charge in [0.25, 0.3) is 0 Å². The fourth-order valence-electron chi connectivity index (χ4n) is 1.67. The number of amides is 1. The molecule has 3 N–H and O–H groups in total. The molecule has 0 saturated heterocycles. The zero-order chi connectivity index (χ0) is 15.0. The molecule has 0 bridgehead atoms. The van der Waals surface area contributed by atoms with E-state index >= 15 is 0 Å². The summed E-state index contributed by atoms with van der Waals surface area (Å²) in [5, 5.41) is 2.74. The van der Waals surface area contributed by atoms with Crippen LogP contribution in [0.1, 0.15) is 37.8 Å². The van der Waals surface area contributed by atoms with Gasteiger partial charge < -0.3 is 11.1 Å². The Bertz CT molecular complexity index is 517. The molecule has 1 rings (SSSR count). The number of benzene rings is 1. The minimum absolute atomic E-state index is 0.0582. The predicted molar refractivity (Wildman–Crippen MR) is 78.3 cm³/mol. The first-order valence-electron chi connectivity index (χ1n) is 6.80. The van der Waals surface area contributed by atoms with Crippen molar-refractivity contribution in [3.05, 3.63) is 35.1 Å². The molecule has 4 heteroatoms. The van der Waals surface area contributed by atoms with Crippen LogP contribution in [0, 0.1) is 23.6 Å². The molecule has 0 aliphatic carbocycles. The average Bonchev–Trinajstić information content (AvgIpc) is 2.44. The van der Waals surface area contributed by atoms with Crippen LogP contribution in [0.15, 0.2) is 18.2 Å². The van der Waals surface area contributed by atoms with Crippen molar-refractivity contribution < 1.29 is 9.18 Å². The van der Waals surface area contributed by atoms with Crippen molar-refractivity contribution >= 4 is 5.91 Å². The fraction of sp³-hybridized carbons (Fsp3) is 0.438. The normalized spacial score (nSPS) is 11.4. The van der Waals surface area contributed by atoms with Gasteiger partial charge in [-0.3, -0.25) is 4.79 Å². The van der Waals surface area contributed by atoms with E-state index in [9.17, 15) is 9.18 Å². The SMILES string of the molecule is CCC(C)CC(=O)NCc1cc(C#CCN)ccc1F. The second kappa shape index (κ2) is 8.34. The molecule has 0 saturated carbocycles. The van der Waals surface area contributed by atoms with Gasteiger partial charge in [-0.05, 0) is 24.1 Å². The highest BCUT2D eigenvalue weighted by atomic mass is 19.1. The number of carbonyl (C=O) groups excluding carboxylic acids is 1. The van der Waals surface area contributed by atoms with Crippen molar-refractivity contribution in [2.75, 3.05) is 6.54 Å². The Morgan fingerprint density at radius 2 is 2.25 bits per heavy atom. The summed E-state index contributed by atoms with van der Waals surface area (Å²) in [7, 11) is 0. The van der Waals surface area contributed by atoms with E-state index < -0.39 is 0 Å². The number of nitrogens with one attached hydrogen (secondary N) is 1. The number of carbonyl (C=O) groups is 1. The van der Waals surface area contributed by atoms with E-state index in [1.807, 2.05) is 13.8 Å². The summed E-state index contributed by atoms with van der Waals surface area (Å²) in [6.07, 6.45) is 1.41. The van der Waals surface area contributed by atoms with Crippen LogP contribution in [0.3, 0.4) is 0 Å². The van der Waals surface area contributed by atoms with E-state index in [2.05, 4.69) is 17.2 Å². The molecular formula is C16H21FN2O. The first kappa shape index (κ1) is 16.2. The molecule has 0 aliphatic heterocycles. The lowest BCUT2D eigenvalue weighted by Gasteiger charge is -2.10. The lowest BCUT2D eigenvalue weighted by atomic mass is 10.0. The Labute approximate surface area is 119 Å². The van der Waals surface area contributed by atoms with E-state index in [1.54, 1.807) is 12.1 Å². The first-order chi connectivity index (χ1) is 9.56. The molecule has 3 nitrogen and oxygen atoms in total. The zero-order valence-electron chi connectivity index (χ0n) is 12.0. The maximum Gasteiger partial charge on any atom is 0.220 e. The minimum atomic E-state index is -0.341. The smallest absolute Gasteiger partial charge is 0.220 e. The second-order valence-corrected chi connectivity index (χ2v) is 4.81. The molecule has 1 amide bonds. The molecule has 1 aromatic carbocycles. The van der Waals surface area contributed by atoms with Crippen LogP contribution in [0.25, 0.3) is 0 Å². The van der Waals surface area contributed by atoms with Crippen LogP contribution in [-0.4, -0.2) is 12.5 Å². The average molecular weight is 276 g/mol. The summed E-state index contributed by atoms with van der Waals surface area (Å²) < 4.78 is 13.6. The van der Waals surface area contributed by atoms with Gasteiger partial charge in [-0.1, -0.05) is 32.1 Å². The maximum atomic E-state index is 13.6. The van der Waals surface area contributed by atoms with Crippen molar-refractivity contribution in [2.24, 2.45) is 11.7 Å². The van der Waals surface area contributed by atoms with E-state index in [-0.39, 0.29) is 24.8 Å². The first-order valence-corrected chi connectivity index (χ1v) is 6.80. The van der Waals surface area contributed by atoms with Gasteiger partial charge in [0.1, 0.15) is 5.82 Å². The Hall–Kier alpha value is -1.86. The molecule has 0 heterocycles. The van der Waals surface area contributed by atoms with Gasteiger partial charge in [0.2, 0.25) is 5.91 Å². The number of rotatable bonds is 5. The summed E-state index contributed by atoms with van der Waals surface area (Å²) in [4.78, 5) is 11.7. The summed E-state index contributed by atoms with van der Waals surface area (Å²) >= 11 is 0. The lowest BCUT2D eigenvalue weighted by molar-refractivity contribution is -0.122. The van der Waals surface area contributed by atoms with Crippen molar-refractivity contribution in [3.8, 4) is 11.8 Å². The Morgan fingerprint density at radius 3 is 2.90 bits per heavy atom. The summed E-state index contributed by atoms with van der Waals surface area (Å²) in [6, 6.07) is 4.60. The molecule has 1 atom stereocenters. The topological polar surface area (TPSA) is 55.1 Å². The summed E-state index contributed by atoms with van der Waals surface area (Å²) in [5.74, 6) is 5.50. The van der Waals surface area contributed by atoms with Crippen LogP contribution in [0.4, 0.5) is 4.39 Å². The Balaban J connectivity index is 2.65. The largest absolute Gasteiger partial charge is 0.352 e. The maximum absolute atomic E-state index is 13.6. The number of hydrogen-bond donors (Lipinski definition) is 2. The lowest BCUT2D eigenvalue weighted by Crippen LogP contribution is -2.24. The van der Waals surface area contributed by atoms with Crippen molar-refractivity contribution in [1.82, 2.24) is 5.32 Å². The molecule has 0 fully saturated rings. The standard InChI is InChI=1S/C16H21FN2O/c1-3-12(2)9-16(20)19-11-14-10-13(5-4-8-18)6-7-15(14)17/h6-7,10,12H,3,8-9,11,18H2,1-2H3,(H,19,20). The van der Waals surface area contributed by atoms with Crippen molar-refractivity contribution in [1.29, 1.82) is 0 Å². The zero-order valence-corrected chi connectivity index (χ0v) is 12.0. The van der Waals surface area contributed by atoms with E-state index in [4.69, 9.17) is 5.73 Å². The molecule has 0 aromatic heterocycles. The van der Waals surface area contributed by atoms with Crippen LogP contribution in [-0.2, 0) is 11.3 Å². The minimum Gasteiger partial charge on any atom is -0.352 e. The van der Waals surface area contributed by atoms with Crippen LogP contribution in [0.2, 0.25) is 0 Å². The highest BCUT2D eigenvalue weighted by Crippen LogP contribution is 2.11. The van der Waals surface area contributed by atoms with Crippen molar-refractivity contribution in [2.45, 2.75) is 33.2 Å². The molecule has 0 spiro atoms. The molecule has 0 aliphatic rings. The van der Waals surface area contributed by atoms with Gasteiger partial charge >= 0.3 is 0 Å². The van der Waals surface area contributed by atoms with Gasteiger partial charge in [0.05, 0.1) is 6.54 Å². The third-order valence-corrected chi connectivity index (χ3v) is 3.09. The van der Waals surface area contributed by atoms with Gasteiger partial charge in [0.15, 0.2) is 0 Å². The highest BCUT2D eigenvalue weighted by molar-refractivity contribution is 5.76. The van der Waals surface area contributed by atoms with Gasteiger partial charge in [0, 0.05) is 24.1 Å². The molecule has 20 heavy (non-hydrogen) atoms. The Kier molecular flexibility index (Phi) is 6.75. The highest BCUT2D eigenvalue weighted by Gasteiger charge is 2.08. The van der Waals surface area contributed by atoms with Gasteiger partial charge in [-0.15, -0.1) is 0 Å².